The van der Waals surface area contributed by atoms with Gasteiger partial charge in [-0.05, 0) is 43.0 Å². The Bertz CT molecular complexity index is 562. The van der Waals surface area contributed by atoms with E-state index in [-0.39, 0.29) is 0 Å². The number of nitrogens with zero attached hydrogens (tertiary/aromatic N) is 1. The fourth-order valence-corrected chi connectivity index (χ4v) is 2.99. The van der Waals surface area contributed by atoms with Gasteiger partial charge in [-0.3, -0.25) is 5.10 Å². The maximum Gasteiger partial charge on any atom is 0.0535 e. The summed E-state index contributed by atoms with van der Waals surface area (Å²) in [5.74, 6) is 0. The summed E-state index contributed by atoms with van der Waals surface area (Å²) in [4.78, 5) is 0. The molecule has 1 aliphatic rings. The van der Waals surface area contributed by atoms with Gasteiger partial charge in [0.2, 0.25) is 0 Å². The topological polar surface area (TPSA) is 40.7 Å². The molecule has 0 spiro atoms. The lowest BCUT2D eigenvalue weighted by molar-refractivity contribution is 0.529. The zero-order chi connectivity index (χ0) is 12.5. The molecule has 0 fully saturated rings. The maximum atomic E-state index is 4.05. The number of H-pyrrole nitrogens is 1. The van der Waals surface area contributed by atoms with Crippen LogP contribution in [0.1, 0.15) is 34.8 Å². The van der Waals surface area contributed by atoms with Crippen LogP contribution in [0, 0.1) is 6.92 Å². The second-order valence-electron chi connectivity index (χ2n) is 4.84. The van der Waals surface area contributed by atoms with E-state index < -0.39 is 0 Å². The lowest BCUT2D eigenvalue weighted by Crippen LogP contribution is -2.18. The van der Waals surface area contributed by atoms with Crippen molar-refractivity contribution in [3.05, 3.63) is 51.3 Å². The van der Waals surface area contributed by atoms with Crippen LogP contribution in [0.25, 0.3) is 0 Å². The lowest BCUT2D eigenvalue weighted by Gasteiger charge is -2.13. The van der Waals surface area contributed by atoms with Crippen LogP contribution in [0.5, 0.6) is 0 Å². The van der Waals surface area contributed by atoms with Gasteiger partial charge in [0, 0.05) is 28.3 Å². The lowest BCUT2D eigenvalue weighted by atomic mass is 10.1. The molecule has 0 saturated heterocycles. The molecule has 3 nitrogen and oxygen atoms in total. The molecule has 0 radical (unpaired) electrons. The SMILES string of the molecule is Cc1[nH]ncc1CNC1CCc2cc(Br)ccc21. The Morgan fingerprint density at radius 3 is 3.17 bits per heavy atom. The summed E-state index contributed by atoms with van der Waals surface area (Å²) in [6, 6.07) is 7.07. The van der Waals surface area contributed by atoms with E-state index >= 15 is 0 Å². The zero-order valence-corrected chi connectivity index (χ0v) is 11.9. The summed E-state index contributed by atoms with van der Waals surface area (Å²) in [7, 11) is 0. The number of aryl methyl sites for hydroxylation is 2. The van der Waals surface area contributed by atoms with E-state index in [2.05, 4.69) is 56.6 Å². The van der Waals surface area contributed by atoms with Gasteiger partial charge in [0.05, 0.1) is 6.20 Å². The molecule has 3 rings (SSSR count). The number of hydrogen-bond acceptors (Lipinski definition) is 2. The van der Waals surface area contributed by atoms with Crippen molar-refractivity contribution in [1.82, 2.24) is 15.5 Å². The molecule has 1 atom stereocenters. The molecule has 1 aromatic carbocycles. The van der Waals surface area contributed by atoms with Gasteiger partial charge < -0.3 is 5.32 Å². The third-order valence-corrected chi connectivity index (χ3v) is 4.15. The second kappa shape index (κ2) is 4.86. The van der Waals surface area contributed by atoms with Crippen LogP contribution < -0.4 is 5.32 Å². The maximum absolute atomic E-state index is 4.05. The van der Waals surface area contributed by atoms with Crippen molar-refractivity contribution in [3.63, 3.8) is 0 Å². The highest BCUT2D eigenvalue weighted by atomic mass is 79.9. The van der Waals surface area contributed by atoms with Gasteiger partial charge in [-0.15, -0.1) is 0 Å². The van der Waals surface area contributed by atoms with Crippen molar-refractivity contribution in [3.8, 4) is 0 Å². The molecule has 94 valence electrons. The number of halogens is 1. The standard InChI is InChI=1S/C14H16BrN3/c1-9-11(8-17-18-9)7-16-14-5-2-10-6-12(15)3-4-13(10)14/h3-4,6,8,14,16H,2,5,7H2,1H3,(H,17,18). The average Bonchev–Trinajstić information content (AvgIpc) is 2.93. The van der Waals surface area contributed by atoms with Crippen LogP contribution in [0.4, 0.5) is 0 Å². The number of aromatic amines is 1. The third-order valence-electron chi connectivity index (χ3n) is 3.66. The summed E-state index contributed by atoms with van der Waals surface area (Å²) < 4.78 is 1.17. The first-order chi connectivity index (χ1) is 8.74. The molecule has 18 heavy (non-hydrogen) atoms. The first-order valence-electron chi connectivity index (χ1n) is 6.24. The van der Waals surface area contributed by atoms with E-state index in [4.69, 9.17) is 0 Å². The molecule has 0 bridgehead atoms. The highest BCUT2D eigenvalue weighted by Crippen LogP contribution is 2.33. The van der Waals surface area contributed by atoms with Crippen LogP contribution in [0.15, 0.2) is 28.9 Å². The smallest absolute Gasteiger partial charge is 0.0535 e. The largest absolute Gasteiger partial charge is 0.306 e. The fraction of sp³-hybridized carbons (Fsp3) is 0.357. The molecule has 2 N–H and O–H groups in total. The molecule has 0 aliphatic heterocycles. The molecule has 4 heteroatoms. The van der Waals surface area contributed by atoms with Crippen molar-refractivity contribution in [1.29, 1.82) is 0 Å². The van der Waals surface area contributed by atoms with Gasteiger partial charge in [0.15, 0.2) is 0 Å². The van der Waals surface area contributed by atoms with Gasteiger partial charge in [-0.1, -0.05) is 22.0 Å². The highest BCUT2D eigenvalue weighted by molar-refractivity contribution is 9.10. The fourth-order valence-electron chi connectivity index (χ4n) is 2.59. The van der Waals surface area contributed by atoms with Gasteiger partial charge >= 0.3 is 0 Å². The third kappa shape index (κ3) is 2.22. The first kappa shape index (κ1) is 11.9. The second-order valence-corrected chi connectivity index (χ2v) is 5.75. The minimum absolute atomic E-state index is 0.474. The molecule has 0 saturated carbocycles. The molecular formula is C14H16BrN3. The Morgan fingerprint density at radius 2 is 2.39 bits per heavy atom. The predicted molar refractivity (Wildman–Crippen MR) is 75.4 cm³/mol. The molecule has 1 aromatic heterocycles. The van der Waals surface area contributed by atoms with E-state index in [0.717, 1.165) is 18.7 Å². The van der Waals surface area contributed by atoms with Crippen LogP contribution >= 0.6 is 15.9 Å². The molecular weight excluding hydrogens is 290 g/mol. The van der Waals surface area contributed by atoms with Gasteiger partial charge in [0.25, 0.3) is 0 Å². The summed E-state index contributed by atoms with van der Waals surface area (Å²) in [6.07, 6.45) is 4.25. The van der Waals surface area contributed by atoms with Crippen molar-refractivity contribution < 1.29 is 0 Å². The predicted octanol–water partition coefficient (Wildman–Crippen LogP) is 3.26. The molecule has 1 heterocycles. The molecule has 1 unspecified atom stereocenters. The number of nitrogens with one attached hydrogen (secondary N) is 2. The Kier molecular flexibility index (Phi) is 3.22. The minimum Gasteiger partial charge on any atom is -0.306 e. The number of fused-ring (bicyclic) bond motifs is 1. The Morgan fingerprint density at radius 1 is 1.50 bits per heavy atom. The number of aromatic nitrogens is 2. The summed E-state index contributed by atoms with van der Waals surface area (Å²) in [5.41, 5.74) is 5.31. The Balaban J connectivity index is 1.71. The zero-order valence-electron chi connectivity index (χ0n) is 10.3. The normalized spacial score (nSPS) is 18.0. The van der Waals surface area contributed by atoms with E-state index in [1.807, 2.05) is 6.20 Å². The van der Waals surface area contributed by atoms with E-state index in [9.17, 15) is 0 Å². The minimum atomic E-state index is 0.474. The molecule has 2 aromatic rings. The van der Waals surface area contributed by atoms with E-state index in [1.54, 1.807) is 0 Å². The summed E-state index contributed by atoms with van der Waals surface area (Å²) in [6.45, 7) is 2.94. The average molecular weight is 306 g/mol. The van der Waals surface area contributed by atoms with Gasteiger partial charge in [0.1, 0.15) is 0 Å². The van der Waals surface area contributed by atoms with Crippen molar-refractivity contribution in [2.24, 2.45) is 0 Å². The van der Waals surface area contributed by atoms with Crippen molar-refractivity contribution >= 4 is 15.9 Å². The monoisotopic (exact) mass is 305 g/mol. The number of hydrogen-bond donors (Lipinski definition) is 2. The highest BCUT2D eigenvalue weighted by Gasteiger charge is 2.22. The molecule has 0 amide bonds. The number of rotatable bonds is 3. The van der Waals surface area contributed by atoms with Crippen LogP contribution in [0.3, 0.4) is 0 Å². The van der Waals surface area contributed by atoms with E-state index in [1.165, 1.54) is 27.6 Å². The van der Waals surface area contributed by atoms with Gasteiger partial charge in [-0.25, -0.2) is 0 Å². The first-order valence-corrected chi connectivity index (χ1v) is 7.04. The summed E-state index contributed by atoms with van der Waals surface area (Å²) in [5, 5.41) is 10.7. The Hall–Kier alpha value is -1.13. The van der Waals surface area contributed by atoms with E-state index in [0.29, 0.717) is 6.04 Å². The quantitative estimate of drug-likeness (QED) is 0.914. The Labute approximate surface area is 115 Å². The van der Waals surface area contributed by atoms with Crippen molar-refractivity contribution in [2.45, 2.75) is 32.4 Å². The summed E-state index contributed by atoms with van der Waals surface area (Å²) >= 11 is 3.53. The molecule has 1 aliphatic carbocycles. The van der Waals surface area contributed by atoms with Crippen LogP contribution in [0.2, 0.25) is 0 Å². The van der Waals surface area contributed by atoms with Crippen LogP contribution in [-0.2, 0) is 13.0 Å². The van der Waals surface area contributed by atoms with Gasteiger partial charge in [-0.2, -0.15) is 5.10 Å². The van der Waals surface area contributed by atoms with Crippen LogP contribution in [-0.4, -0.2) is 10.2 Å². The number of benzene rings is 1. The van der Waals surface area contributed by atoms with Crippen molar-refractivity contribution in [2.75, 3.05) is 0 Å².